The number of amides is 1. The maximum absolute atomic E-state index is 12.6. The highest BCUT2D eigenvalue weighted by atomic mass is 32.2. The van der Waals surface area contributed by atoms with E-state index < -0.39 is 5.97 Å². The van der Waals surface area contributed by atoms with E-state index in [0.717, 1.165) is 22.8 Å². The van der Waals surface area contributed by atoms with E-state index in [4.69, 9.17) is 9.47 Å². The molecule has 184 valence electrons. The number of hydrogen-bond acceptors (Lipinski definition) is 7. The van der Waals surface area contributed by atoms with Gasteiger partial charge in [0.2, 0.25) is 5.91 Å². The first-order valence-electron chi connectivity index (χ1n) is 11.4. The van der Waals surface area contributed by atoms with Crippen molar-refractivity contribution in [3.8, 4) is 11.4 Å². The summed E-state index contributed by atoms with van der Waals surface area (Å²) in [5.74, 6) is 1.06. The number of hydrogen-bond donors (Lipinski definition) is 1. The van der Waals surface area contributed by atoms with Crippen molar-refractivity contribution in [1.29, 1.82) is 0 Å². The lowest BCUT2D eigenvalue weighted by molar-refractivity contribution is -0.113. The van der Waals surface area contributed by atoms with Crippen molar-refractivity contribution in [1.82, 2.24) is 14.8 Å². The van der Waals surface area contributed by atoms with Crippen LogP contribution in [0.15, 0.2) is 84.0 Å². The van der Waals surface area contributed by atoms with Crippen LogP contribution in [0.4, 0.5) is 5.69 Å². The Bertz CT molecular complexity index is 1310. The molecule has 1 heterocycles. The summed E-state index contributed by atoms with van der Waals surface area (Å²) in [6.45, 7) is 2.06. The van der Waals surface area contributed by atoms with E-state index in [0.29, 0.717) is 29.4 Å². The second-order valence-corrected chi connectivity index (χ2v) is 8.67. The standard InChI is InChI=1S/C27H26N4O4S/c1-3-35-26(33)20-9-11-21(12-10-20)28-25(32)18-36-27-30-29-24(17-19-7-5-4-6-8-19)31(27)22-13-15-23(34-2)16-14-22/h4-16H,3,17-18H2,1-2H3,(H,28,32). The Morgan fingerprint density at radius 1 is 0.944 bits per heavy atom. The molecule has 0 radical (unpaired) electrons. The van der Waals surface area contributed by atoms with Gasteiger partial charge < -0.3 is 14.8 Å². The molecule has 36 heavy (non-hydrogen) atoms. The fourth-order valence-electron chi connectivity index (χ4n) is 3.51. The van der Waals surface area contributed by atoms with Crippen LogP contribution in [0.1, 0.15) is 28.7 Å². The number of ether oxygens (including phenoxy) is 2. The molecular formula is C27H26N4O4S. The largest absolute Gasteiger partial charge is 0.497 e. The molecule has 0 unspecified atom stereocenters. The highest BCUT2D eigenvalue weighted by Crippen LogP contribution is 2.25. The number of carbonyl (C=O) groups is 2. The van der Waals surface area contributed by atoms with E-state index in [1.807, 2.05) is 59.2 Å². The maximum Gasteiger partial charge on any atom is 0.338 e. The van der Waals surface area contributed by atoms with E-state index >= 15 is 0 Å². The average Bonchev–Trinajstić information content (AvgIpc) is 3.31. The zero-order valence-electron chi connectivity index (χ0n) is 20.0. The number of carbonyl (C=O) groups excluding carboxylic acids is 2. The van der Waals surface area contributed by atoms with Crippen LogP contribution in [0.2, 0.25) is 0 Å². The molecule has 0 bridgehead atoms. The van der Waals surface area contributed by atoms with Crippen molar-refractivity contribution in [2.45, 2.75) is 18.5 Å². The minimum atomic E-state index is -0.393. The summed E-state index contributed by atoms with van der Waals surface area (Å²) in [6.07, 6.45) is 0.597. The fraction of sp³-hybridized carbons (Fsp3) is 0.185. The predicted molar refractivity (Wildman–Crippen MR) is 139 cm³/mol. The number of esters is 1. The van der Waals surface area contributed by atoms with Crippen LogP contribution in [0.25, 0.3) is 5.69 Å². The van der Waals surface area contributed by atoms with E-state index in [1.54, 1.807) is 38.3 Å². The van der Waals surface area contributed by atoms with E-state index in [1.165, 1.54) is 11.8 Å². The molecule has 1 N–H and O–H groups in total. The molecular weight excluding hydrogens is 476 g/mol. The number of thioether (sulfide) groups is 1. The molecule has 0 aliphatic heterocycles. The van der Waals surface area contributed by atoms with Gasteiger partial charge in [0.1, 0.15) is 11.6 Å². The first-order valence-corrected chi connectivity index (χ1v) is 12.4. The normalized spacial score (nSPS) is 10.6. The number of nitrogens with one attached hydrogen (secondary N) is 1. The second kappa shape index (κ2) is 12.0. The molecule has 0 aliphatic carbocycles. The van der Waals surface area contributed by atoms with Gasteiger partial charge in [0.25, 0.3) is 0 Å². The highest BCUT2D eigenvalue weighted by molar-refractivity contribution is 7.99. The third-order valence-corrected chi connectivity index (χ3v) is 6.18. The van der Waals surface area contributed by atoms with Crippen LogP contribution in [-0.4, -0.2) is 46.1 Å². The van der Waals surface area contributed by atoms with Gasteiger partial charge in [-0.2, -0.15) is 0 Å². The Labute approximate surface area is 213 Å². The lowest BCUT2D eigenvalue weighted by atomic mass is 10.1. The van der Waals surface area contributed by atoms with E-state index in [9.17, 15) is 9.59 Å². The van der Waals surface area contributed by atoms with E-state index in [2.05, 4.69) is 15.5 Å². The third kappa shape index (κ3) is 6.31. The van der Waals surface area contributed by atoms with Crippen molar-refractivity contribution < 1.29 is 19.1 Å². The molecule has 0 fully saturated rings. The summed E-state index contributed by atoms with van der Waals surface area (Å²) in [7, 11) is 1.62. The molecule has 4 aromatic rings. The lowest BCUT2D eigenvalue weighted by Gasteiger charge is -2.11. The monoisotopic (exact) mass is 502 g/mol. The number of nitrogens with zero attached hydrogens (tertiary/aromatic N) is 3. The van der Waals surface area contributed by atoms with Crippen LogP contribution >= 0.6 is 11.8 Å². The predicted octanol–water partition coefficient (Wildman–Crippen LogP) is 4.77. The summed E-state index contributed by atoms with van der Waals surface area (Å²) < 4.78 is 12.2. The molecule has 9 heteroatoms. The van der Waals surface area contributed by atoms with Crippen LogP contribution in [-0.2, 0) is 16.0 Å². The number of benzene rings is 3. The van der Waals surface area contributed by atoms with Crippen molar-refractivity contribution in [3.63, 3.8) is 0 Å². The Hall–Kier alpha value is -4.11. The van der Waals surface area contributed by atoms with Crippen LogP contribution < -0.4 is 10.1 Å². The zero-order chi connectivity index (χ0) is 25.3. The van der Waals surface area contributed by atoms with Crippen LogP contribution in [0.5, 0.6) is 5.75 Å². The van der Waals surface area contributed by atoms with Gasteiger partial charge in [-0.3, -0.25) is 9.36 Å². The van der Waals surface area contributed by atoms with Gasteiger partial charge in [-0.05, 0) is 61.0 Å². The fourth-order valence-corrected chi connectivity index (χ4v) is 4.28. The van der Waals surface area contributed by atoms with Gasteiger partial charge >= 0.3 is 5.97 Å². The molecule has 8 nitrogen and oxygen atoms in total. The number of methoxy groups -OCH3 is 1. The molecule has 1 amide bonds. The van der Waals surface area contributed by atoms with Gasteiger partial charge in [-0.1, -0.05) is 42.1 Å². The quantitative estimate of drug-likeness (QED) is 0.246. The maximum atomic E-state index is 12.6. The van der Waals surface area contributed by atoms with Gasteiger partial charge in [0, 0.05) is 17.8 Å². The summed E-state index contributed by atoms with van der Waals surface area (Å²) >= 11 is 1.30. The summed E-state index contributed by atoms with van der Waals surface area (Å²) in [4.78, 5) is 24.4. The number of aromatic nitrogens is 3. The highest BCUT2D eigenvalue weighted by Gasteiger charge is 2.17. The Balaban J connectivity index is 1.48. The molecule has 4 rings (SSSR count). The second-order valence-electron chi connectivity index (χ2n) is 7.73. The van der Waals surface area contributed by atoms with Crippen LogP contribution in [0, 0.1) is 0 Å². The van der Waals surface area contributed by atoms with Crippen LogP contribution in [0.3, 0.4) is 0 Å². The summed E-state index contributed by atoms with van der Waals surface area (Å²) in [5, 5.41) is 12.2. The topological polar surface area (TPSA) is 95.3 Å². The van der Waals surface area contributed by atoms with Crippen molar-refractivity contribution in [3.05, 3.63) is 95.8 Å². The third-order valence-electron chi connectivity index (χ3n) is 5.25. The summed E-state index contributed by atoms with van der Waals surface area (Å²) in [6, 6.07) is 24.3. The Kier molecular flexibility index (Phi) is 8.36. The smallest absolute Gasteiger partial charge is 0.338 e. The van der Waals surface area contributed by atoms with Crippen molar-refractivity contribution in [2.24, 2.45) is 0 Å². The minimum Gasteiger partial charge on any atom is -0.497 e. The van der Waals surface area contributed by atoms with Gasteiger partial charge in [-0.15, -0.1) is 10.2 Å². The van der Waals surface area contributed by atoms with Gasteiger partial charge in [0.05, 0.1) is 25.0 Å². The molecule has 3 aromatic carbocycles. The molecule has 0 spiro atoms. The lowest BCUT2D eigenvalue weighted by Crippen LogP contribution is -2.15. The first kappa shape index (κ1) is 25.0. The molecule has 0 atom stereocenters. The minimum absolute atomic E-state index is 0.138. The average molecular weight is 503 g/mol. The van der Waals surface area contributed by atoms with Gasteiger partial charge in [0.15, 0.2) is 5.16 Å². The molecule has 0 saturated heterocycles. The zero-order valence-corrected chi connectivity index (χ0v) is 20.8. The van der Waals surface area contributed by atoms with E-state index in [-0.39, 0.29) is 11.7 Å². The Morgan fingerprint density at radius 3 is 2.33 bits per heavy atom. The van der Waals surface area contributed by atoms with Gasteiger partial charge in [-0.25, -0.2) is 4.79 Å². The first-order chi connectivity index (χ1) is 17.6. The molecule has 0 aliphatic rings. The number of rotatable bonds is 10. The van der Waals surface area contributed by atoms with Crippen molar-refractivity contribution in [2.75, 3.05) is 24.8 Å². The summed E-state index contributed by atoms with van der Waals surface area (Å²) in [5.41, 5.74) is 3.02. The Morgan fingerprint density at radius 2 is 1.67 bits per heavy atom. The van der Waals surface area contributed by atoms with Crippen molar-refractivity contribution >= 4 is 29.3 Å². The molecule has 0 saturated carbocycles. The molecule has 1 aromatic heterocycles. The SMILES string of the molecule is CCOC(=O)c1ccc(NC(=O)CSc2nnc(Cc3ccccc3)n2-c2ccc(OC)cc2)cc1. The number of anilines is 1.